The molecule has 0 aliphatic carbocycles. The Labute approximate surface area is 158 Å². The monoisotopic (exact) mass is 389 g/mol. The minimum atomic E-state index is -3.80. The number of hydrogen-bond donors (Lipinski definition) is 1. The molecule has 0 fully saturated rings. The number of hydrogen-bond acceptors (Lipinski definition) is 3. The Hall–Kier alpha value is -2.31. The molecule has 0 aliphatic heterocycles. The van der Waals surface area contributed by atoms with Crippen LogP contribution in [-0.2, 0) is 10.0 Å². The summed E-state index contributed by atoms with van der Waals surface area (Å²) in [7, 11) is -3.80. The molecule has 0 radical (unpaired) electrons. The van der Waals surface area contributed by atoms with Crippen molar-refractivity contribution in [1.82, 2.24) is 9.78 Å². The first-order valence-corrected chi connectivity index (χ1v) is 9.97. The van der Waals surface area contributed by atoms with Crippen LogP contribution in [0.15, 0.2) is 47.4 Å². The number of halogens is 1. The largest absolute Gasteiger partial charge is 0.279 e. The van der Waals surface area contributed by atoms with Gasteiger partial charge in [0, 0.05) is 5.02 Å². The van der Waals surface area contributed by atoms with E-state index in [1.54, 1.807) is 36.7 Å². The molecule has 1 heterocycles. The van der Waals surface area contributed by atoms with Crippen LogP contribution in [0.4, 0.5) is 5.69 Å². The van der Waals surface area contributed by atoms with Crippen molar-refractivity contribution in [1.29, 1.82) is 0 Å². The van der Waals surface area contributed by atoms with Crippen LogP contribution in [0.25, 0.3) is 5.69 Å². The lowest BCUT2D eigenvalue weighted by atomic mass is 10.2. The highest BCUT2D eigenvalue weighted by Crippen LogP contribution is 2.27. The molecular formula is C19H20ClN3O2S. The molecule has 5 nitrogen and oxygen atoms in total. The molecule has 26 heavy (non-hydrogen) atoms. The van der Waals surface area contributed by atoms with E-state index in [0.29, 0.717) is 22.1 Å². The third-order valence-corrected chi connectivity index (χ3v) is 6.07. The van der Waals surface area contributed by atoms with E-state index >= 15 is 0 Å². The van der Waals surface area contributed by atoms with E-state index in [1.807, 2.05) is 38.1 Å². The molecule has 0 atom stereocenters. The van der Waals surface area contributed by atoms with Crippen molar-refractivity contribution in [2.75, 3.05) is 4.72 Å². The molecule has 136 valence electrons. The molecular weight excluding hydrogens is 370 g/mol. The molecule has 3 aromatic rings. The van der Waals surface area contributed by atoms with Gasteiger partial charge in [-0.05, 0) is 57.5 Å². The van der Waals surface area contributed by atoms with E-state index in [-0.39, 0.29) is 4.90 Å². The van der Waals surface area contributed by atoms with Crippen molar-refractivity contribution >= 4 is 27.3 Å². The fourth-order valence-corrected chi connectivity index (χ4v) is 4.54. The first-order chi connectivity index (χ1) is 12.2. The molecule has 7 heteroatoms. The van der Waals surface area contributed by atoms with Gasteiger partial charge in [0.15, 0.2) is 0 Å². The Kier molecular flexibility index (Phi) is 4.82. The SMILES string of the molecule is Cc1ccc(-n2nc(C)c(S(=O)(=O)Nc3cc(Cl)ccc3C)c2C)cc1. The second-order valence-electron chi connectivity index (χ2n) is 6.31. The molecule has 0 amide bonds. The number of aromatic nitrogens is 2. The Balaban J connectivity index is 2.06. The van der Waals surface area contributed by atoms with Gasteiger partial charge < -0.3 is 0 Å². The minimum absolute atomic E-state index is 0.178. The summed E-state index contributed by atoms with van der Waals surface area (Å²) in [6, 6.07) is 12.9. The topological polar surface area (TPSA) is 64.0 Å². The van der Waals surface area contributed by atoms with Crippen LogP contribution >= 0.6 is 11.6 Å². The third-order valence-electron chi connectivity index (χ3n) is 4.22. The summed E-state index contributed by atoms with van der Waals surface area (Å²) in [6.45, 7) is 7.26. The fraction of sp³-hybridized carbons (Fsp3) is 0.211. The average molecular weight is 390 g/mol. The fourth-order valence-electron chi connectivity index (χ4n) is 2.85. The van der Waals surface area contributed by atoms with Gasteiger partial charge in [-0.15, -0.1) is 0 Å². The summed E-state index contributed by atoms with van der Waals surface area (Å²) >= 11 is 6.00. The quantitative estimate of drug-likeness (QED) is 0.711. The lowest BCUT2D eigenvalue weighted by Gasteiger charge is -2.11. The maximum atomic E-state index is 13.0. The number of rotatable bonds is 4. The first kappa shape index (κ1) is 18.5. The standard InChI is InChI=1S/C19H20ClN3O2S/c1-12-5-9-17(10-6-12)23-15(4)19(14(3)21-23)26(24,25)22-18-11-16(20)8-7-13(18)2/h5-11,22H,1-4H3. The zero-order chi connectivity index (χ0) is 19.1. The summed E-state index contributed by atoms with van der Waals surface area (Å²) in [4.78, 5) is 0.178. The number of nitrogens with one attached hydrogen (secondary N) is 1. The van der Waals surface area contributed by atoms with Gasteiger partial charge in [-0.3, -0.25) is 4.72 Å². The number of nitrogens with zero attached hydrogens (tertiary/aromatic N) is 2. The Bertz CT molecular complexity index is 1070. The first-order valence-electron chi connectivity index (χ1n) is 8.11. The highest BCUT2D eigenvalue weighted by Gasteiger charge is 2.25. The van der Waals surface area contributed by atoms with Gasteiger partial charge in [0.2, 0.25) is 0 Å². The third kappa shape index (κ3) is 3.48. The van der Waals surface area contributed by atoms with Crippen molar-refractivity contribution in [2.24, 2.45) is 0 Å². The lowest BCUT2D eigenvalue weighted by molar-refractivity contribution is 0.600. The van der Waals surface area contributed by atoms with Crippen LogP contribution in [0.5, 0.6) is 0 Å². The molecule has 0 aliphatic rings. The smallest absolute Gasteiger partial charge is 0.265 e. The molecule has 1 N–H and O–H groups in total. The summed E-state index contributed by atoms with van der Waals surface area (Å²) in [5.41, 5.74) is 4.19. The van der Waals surface area contributed by atoms with Gasteiger partial charge in [-0.25, -0.2) is 13.1 Å². The number of benzene rings is 2. The van der Waals surface area contributed by atoms with Crippen molar-refractivity contribution in [3.63, 3.8) is 0 Å². The second-order valence-corrected chi connectivity index (χ2v) is 8.37. The Morgan fingerprint density at radius 2 is 1.65 bits per heavy atom. The van der Waals surface area contributed by atoms with Gasteiger partial charge >= 0.3 is 0 Å². The van der Waals surface area contributed by atoms with E-state index in [9.17, 15) is 8.42 Å². The summed E-state index contributed by atoms with van der Waals surface area (Å²) < 4.78 is 30.3. The van der Waals surface area contributed by atoms with E-state index in [1.165, 1.54) is 0 Å². The lowest BCUT2D eigenvalue weighted by Crippen LogP contribution is -2.15. The minimum Gasteiger partial charge on any atom is -0.279 e. The maximum Gasteiger partial charge on any atom is 0.265 e. The van der Waals surface area contributed by atoms with Gasteiger partial charge in [-0.1, -0.05) is 35.4 Å². The predicted molar refractivity (Wildman–Crippen MR) is 105 cm³/mol. The molecule has 0 spiro atoms. The molecule has 2 aromatic carbocycles. The summed E-state index contributed by atoms with van der Waals surface area (Å²) in [5.74, 6) is 0. The molecule has 1 aromatic heterocycles. The van der Waals surface area contributed by atoms with Gasteiger partial charge in [0.05, 0.1) is 22.8 Å². The van der Waals surface area contributed by atoms with Gasteiger partial charge in [0.25, 0.3) is 10.0 Å². The molecule has 3 rings (SSSR count). The normalized spacial score (nSPS) is 11.6. The van der Waals surface area contributed by atoms with Crippen molar-refractivity contribution in [2.45, 2.75) is 32.6 Å². The van der Waals surface area contributed by atoms with E-state index in [4.69, 9.17) is 11.6 Å². The summed E-state index contributed by atoms with van der Waals surface area (Å²) in [6.07, 6.45) is 0. The predicted octanol–water partition coefficient (Wildman–Crippen LogP) is 4.56. The number of aryl methyl sites for hydroxylation is 3. The van der Waals surface area contributed by atoms with Crippen molar-refractivity contribution in [3.8, 4) is 5.69 Å². The van der Waals surface area contributed by atoms with Gasteiger partial charge in [0.1, 0.15) is 4.90 Å². The average Bonchev–Trinajstić information content (AvgIpc) is 2.87. The molecule has 0 saturated heterocycles. The molecule has 0 saturated carbocycles. The zero-order valence-corrected chi connectivity index (χ0v) is 16.6. The Morgan fingerprint density at radius 1 is 1.00 bits per heavy atom. The van der Waals surface area contributed by atoms with Crippen molar-refractivity contribution in [3.05, 3.63) is 70.0 Å². The van der Waals surface area contributed by atoms with Gasteiger partial charge in [-0.2, -0.15) is 5.10 Å². The second kappa shape index (κ2) is 6.78. The van der Waals surface area contributed by atoms with Crippen LogP contribution < -0.4 is 4.72 Å². The number of anilines is 1. The number of sulfonamides is 1. The highest BCUT2D eigenvalue weighted by atomic mass is 35.5. The van der Waals surface area contributed by atoms with E-state index in [0.717, 1.165) is 16.8 Å². The van der Waals surface area contributed by atoms with E-state index < -0.39 is 10.0 Å². The van der Waals surface area contributed by atoms with Crippen LogP contribution in [0.1, 0.15) is 22.5 Å². The van der Waals surface area contributed by atoms with E-state index in [2.05, 4.69) is 9.82 Å². The van der Waals surface area contributed by atoms with Crippen LogP contribution in [0.3, 0.4) is 0 Å². The molecule has 0 bridgehead atoms. The van der Waals surface area contributed by atoms with Crippen LogP contribution in [0, 0.1) is 27.7 Å². The Morgan fingerprint density at radius 3 is 2.31 bits per heavy atom. The zero-order valence-electron chi connectivity index (χ0n) is 15.0. The summed E-state index contributed by atoms with van der Waals surface area (Å²) in [5, 5.41) is 4.90. The highest BCUT2D eigenvalue weighted by molar-refractivity contribution is 7.92. The van der Waals surface area contributed by atoms with Crippen molar-refractivity contribution < 1.29 is 8.42 Å². The maximum absolute atomic E-state index is 13.0. The molecule has 0 unspecified atom stereocenters. The van der Waals surface area contributed by atoms with Crippen LogP contribution in [-0.4, -0.2) is 18.2 Å². The van der Waals surface area contributed by atoms with Crippen LogP contribution in [0.2, 0.25) is 5.02 Å².